The lowest BCUT2D eigenvalue weighted by Gasteiger charge is -2.11. The smallest absolute Gasteiger partial charge is 0.268 e. The van der Waals surface area contributed by atoms with Gasteiger partial charge in [0.1, 0.15) is 5.82 Å². The molecular formula is C28H20BrN5O2S. The van der Waals surface area contributed by atoms with Crippen molar-refractivity contribution >= 4 is 65.2 Å². The van der Waals surface area contributed by atoms with Crippen molar-refractivity contribution in [2.45, 2.75) is 4.90 Å². The van der Waals surface area contributed by atoms with Gasteiger partial charge in [0.05, 0.1) is 15.9 Å². The second-order valence-electron chi connectivity index (χ2n) is 8.47. The van der Waals surface area contributed by atoms with E-state index in [0.29, 0.717) is 16.9 Å². The minimum absolute atomic E-state index is 0.156. The molecule has 0 atom stereocenters. The average molecular weight is 570 g/mol. The van der Waals surface area contributed by atoms with E-state index in [9.17, 15) is 8.42 Å². The van der Waals surface area contributed by atoms with E-state index >= 15 is 0 Å². The second-order valence-corrected chi connectivity index (χ2v) is 11.2. The highest BCUT2D eigenvalue weighted by atomic mass is 79.9. The van der Waals surface area contributed by atoms with Crippen LogP contribution in [0.15, 0.2) is 113 Å². The molecule has 2 heterocycles. The Balaban J connectivity index is 1.53. The van der Waals surface area contributed by atoms with Gasteiger partial charge in [-0.1, -0.05) is 64.5 Å². The van der Waals surface area contributed by atoms with Crippen LogP contribution in [0.2, 0.25) is 0 Å². The topological polar surface area (TPSA) is 103 Å². The summed E-state index contributed by atoms with van der Waals surface area (Å²) in [5.74, 6) is 0.714. The van der Waals surface area contributed by atoms with Crippen molar-refractivity contribution in [2.24, 2.45) is 0 Å². The summed E-state index contributed by atoms with van der Waals surface area (Å²) >= 11 is 3.49. The van der Waals surface area contributed by atoms with E-state index in [0.717, 1.165) is 32.1 Å². The van der Waals surface area contributed by atoms with Gasteiger partial charge in [-0.25, -0.2) is 17.4 Å². The molecule has 6 aromatic rings. The summed E-state index contributed by atoms with van der Waals surface area (Å²) in [7, 11) is -3.80. The molecule has 0 bridgehead atoms. The van der Waals surface area contributed by atoms with Crippen LogP contribution in [0.4, 0.5) is 17.5 Å². The van der Waals surface area contributed by atoms with E-state index < -0.39 is 10.0 Å². The molecule has 0 amide bonds. The molecule has 9 heteroatoms. The van der Waals surface area contributed by atoms with Crippen LogP contribution in [0.1, 0.15) is 0 Å². The van der Waals surface area contributed by atoms with Crippen LogP contribution in [-0.2, 0) is 10.0 Å². The van der Waals surface area contributed by atoms with Crippen molar-refractivity contribution in [3.05, 3.63) is 108 Å². The Morgan fingerprint density at radius 3 is 2.41 bits per heavy atom. The zero-order chi connectivity index (χ0) is 25.6. The van der Waals surface area contributed by atoms with Crippen LogP contribution >= 0.6 is 15.9 Å². The van der Waals surface area contributed by atoms with Crippen molar-refractivity contribution in [1.29, 1.82) is 0 Å². The second kappa shape index (κ2) is 9.02. The molecule has 0 saturated carbocycles. The number of nitrogens with zero attached hydrogens (tertiary/aromatic N) is 3. The highest BCUT2D eigenvalue weighted by Gasteiger charge is 2.22. The number of nitrogen functional groups attached to an aromatic ring is 1. The molecule has 0 unspecified atom stereocenters. The summed E-state index contributed by atoms with van der Waals surface area (Å²) in [5.41, 5.74) is 9.72. The molecule has 6 rings (SSSR count). The van der Waals surface area contributed by atoms with Crippen molar-refractivity contribution in [1.82, 2.24) is 13.9 Å². The summed E-state index contributed by atoms with van der Waals surface area (Å²) in [4.78, 5) is 9.07. The maximum atomic E-state index is 13.5. The average Bonchev–Trinajstić information content (AvgIpc) is 3.30. The van der Waals surface area contributed by atoms with Gasteiger partial charge >= 0.3 is 0 Å². The van der Waals surface area contributed by atoms with E-state index in [1.807, 2.05) is 66.7 Å². The molecule has 182 valence electrons. The van der Waals surface area contributed by atoms with Crippen molar-refractivity contribution in [2.75, 3.05) is 11.1 Å². The van der Waals surface area contributed by atoms with E-state index in [2.05, 4.69) is 31.2 Å². The van der Waals surface area contributed by atoms with Crippen molar-refractivity contribution in [3.8, 4) is 11.1 Å². The Morgan fingerprint density at radius 2 is 1.59 bits per heavy atom. The molecule has 0 saturated heterocycles. The summed E-state index contributed by atoms with van der Waals surface area (Å²) in [6, 6.07) is 29.4. The number of fused-ring (bicyclic) bond motifs is 2. The first kappa shape index (κ1) is 23.2. The molecule has 0 spiro atoms. The number of nitrogens with one attached hydrogen (secondary N) is 1. The number of para-hydroxylation sites is 1. The monoisotopic (exact) mass is 569 g/mol. The van der Waals surface area contributed by atoms with Crippen LogP contribution in [0.25, 0.3) is 32.9 Å². The first-order valence-corrected chi connectivity index (χ1v) is 13.6. The zero-order valence-electron chi connectivity index (χ0n) is 19.3. The standard InChI is InChI=1S/C28H20BrN5O2S/c29-19-7-6-8-20(16-19)31-27-23-15-18(13-14-25(23)32-28(30)33-27)24-17-34(26-12-5-4-11-22(24)26)37(35,36)21-9-2-1-3-10-21/h1-17H,(H3,30,31,32,33). The predicted molar refractivity (Wildman–Crippen MR) is 151 cm³/mol. The molecule has 3 N–H and O–H groups in total. The van der Waals surface area contributed by atoms with Crippen molar-refractivity contribution in [3.63, 3.8) is 0 Å². The lowest BCUT2D eigenvalue weighted by molar-refractivity contribution is 0.589. The number of aromatic nitrogens is 3. The van der Waals surface area contributed by atoms with E-state index in [1.54, 1.807) is 36.5 Å². The number of hydrogen-bond acceptors (Lipinski definition) is 6. The molecular weight excluding hydrogens is 550 g/mol. The maximum Gasteiger partial charge on any atom is 0.268 e. The third-order valence-electron chi connectivity index (χ3n) is 6.09. The van der Waals surface area contributed by atoms with E-state index in [1.165, 1.54) is 3.97 Å². The highest BCUT2D eigenvalue weighted by molar-refractivity contribution is 9.10. The molecule has 0 radical (unpaired) electrons. The number of anilines is 3. The van der Waals surface area contributed by atoms with Crippen LogP contribution in [0.5, 0.6) is 0 Å². The fourth-order valence-electron chi connectivity index (χ4n) is 4.40. The molecule has 0 aliphatic rings. The predicted octanol–water partition coefficient (Wildman–Crippen LogP) is 6.58. The minimum Gasteiger partial charge on any atom is -0.368 e. The molecule has 0 fully saturated rings. The van der Waals surface area contributed by atoms with Gasteiger partial charge in [0.25, 0.3) is 10.0 Å². The molecule has 0 aliphatic carbocycles. The Morgan fingerprint density at radius 1 is 0.811 bits per heavy atom. The van der Waals surface area contributed by atoms with E-state index in [4.69, 9.17) is 5.73 Å². The highest BCUT2D eigenvalue weighted by Crippen LogP contribution is 2.36. The number of halogens is 1. The van der Waals surface area contributed by atoms with Crippen LogP contribution in [0.3, 0.4) is 0 Å². The largest absolute Gasteiger partial charge is 0.368 e. The third kappa shape index (κ3) is 4.22. The molecule has 0 aliphatic heterocycles. The fraction of sp³-hybridized carbons (Fsp3) is 0. The molecule has 37 heavy (non-hydrogen) atoms. The van der Waals surface area contributed by atoms with Crippen LogP contribution < -0.4 is 11.1 Å². The summed E-state index contributed by atoms with van der Waals surface area (Å²) in [6.45, 7) is 0. The fourth-order valence-corrected chi connectivity index (χ4v) is 6.19. The number of rotatable bonds is 5. The summed E-state index contributed by atoms with van der Waals surface area (Å²) < 4.78 is 29.4. The Hall–Kier alpha value is -4.21. The SMILES string of the molecule is Nc1nc(Nc2cccc(Br)c2)c2cc(-c3cn(S(=O)(=O)c4ccccc4)c4ccccc34)ccc2n1. The Bertz CT molecular complexity index is 1900. The van der Waals surface area contributed by atoms with Gasteiger partial charge in [-0.3, -0.25) is 0 Å². The van der Waals surface area contributed by atoms with Crippen LogP contribution in [-0.4, -0.2) is 22.4 Å². The zero-order valence-corrected chi connectivity index (χ0v) is 21.7. The minimum atomic E-state index is -3.80. The van der Waals surface area contributed by atoms with Crippen LogP contribution in [0, 0.1) is 0 Å². The Kier molecular flexibility index (Phi) is 5.66. The molecule has 7 nitrogen and oxygen atoms in total. The first-order valence-electron chi connectivity index (χ1n) is 11.4. The number of nitrogens with two attached hydrogens (primary N) is 1. The van der Waals surface area contributed by atoms with Gasteiger partial charge in [0.2, 0.25) is 5.95 Å². The number of benzene rings is 4. The molecule has 4 aromatic carbocycles. The van der Waals surface area contributed by atoms with Crippen molar-refractivity contribution < 1.29 is 8.42 Å². The quantitative estimate of drug-likeness (QED) is 0.243. The van der Waals surface area contributed by atoms with Gasteiger partial charge in [0, 0.05) is 32.7 Å². The normalized spacial score (nSPS) is 11.7. The van der Waals surface area contributed by atoms with Gasteiger partial charge in [-0.15, -0.1) is 0 Å². The number of hydrogen-bond donors (Lipinski definition) is 2. The first-order chi connectivity index (χ1) is 17.9. The lowest BCUT2D eigenvalue weighted by Crippen LogP contribution is -2.11. The van der Waals surface area contributed by atoms with Gasteiger partial charge in [-0.05, 0) is 54.1 Å². The third-order valence-corrected chi connectivity index (χ3v) is 8.27. The summed E-state index contributed by atoms with van der Waals surface area (Å²) in [5, 5.41) is 4.91. The maximum absolute atomic E-state index is 13.5. The molecule has 2 aromatic heterocycles. The van der Waals surface area contributed by atoms with E-state index in [-0.39, 0.29) is 10.8 Å². The summed E-state index contributed by atoms with van der Waals surface area (Å²) in [6.07, 6.45) is 1.67. The van der Waals surface area contributed by atoms with Gasteiger partial charge < -0.3 is 11.1 Å². The van der Waals surface area contributed by atoms with Gasteiger partial charge in [0.15, 0.2) is 0 Å². The Labute approximate surface area is 221 Å². The lowest BCUT2D eigenvalue weighted by atomic mass is 10.0. The van der Waals surface area contributed by atoms with Gasteiger partial charge in [-0.2, -0.15) is 4.98 Å².